The highest BCUT2D eigenvalue weighted by atomic mass is 15.2. The van der Waals surface area contributed by atoms with Gasteiger partial charge in [-0.3, -0.25) is 0 Å². The van der Waals surface area contributed by atoms with E-state index >= 15 is 0 Å². The minimum absolute atomic E-state index is 0.471. The maximum absolute atomic E-state index is 5.14. The molecule has 1 N–H and O–H groups in total. The SMILES string of the molecule is CCC(CC)CN1CCCC[C@@H](Nc2nc3c(c(N4CCCCCC4)n2)CCC3)C1. The highest BCUT2D eigenvalue weighted by Crippen LogP contribution is 2.31. The fourth-order valence-corrected chi connectivity index (χ4v) is 5.62. The van der Waals surface area contributed by atoms with Crippen LogP contribution in [0.1, 0.15) is 89.3 Å². The molecule has 0 amide bonds. The first kappa shape index (κ1) is 21.9. The quantitative estimate of drug-likeness (QED) is 0.678. The average molecular weight is 414 g/mol. The van der Waals surface area contributed by atoms with Gasteiger partial charge in [0.25, 0.3) is 0 Å². The molecule has 30 heavy (non-hydrogen) atoms. The largest absolute Gasteiger partial charge is 0.356 e. The fraction of sp³-hybridized carbons (Fsp3) is 0.840. The zero-order chi connectivity index (χ0) is 20.8. The van der Waals surface area contributed by atoms with Gasteiger partial charge in [0.05, 0.1) is 5.69 Å². The van der Waals surface area contributed by atoms with Crippen LogP contribution in [0, 0.1) is 5.92 Å². The molecule has 5 nitrogen and oxygen atoms in total. The summed E-state index contributed by atoms with van der Waals surface area (Å²) in [5, 5.41) is 3.79. The highest BCUT2D eigenvalue weighted by molar-refractivity contribution is 5.54. The van der Waals surface area contributed by atoms with Gasteiger partial charge in [-0.25, -0.2) is 4.98 Å². The molecular weight excluding hydrogens is 370 g/mol. The Morgan fingerprint density at radius 3 is 2.43 bits per heavy atom. The summed E-state index contributed by atoms with van der Waals surface area (Å²) in [6, 6.07) is 0.471. The molecule has 3 aliphatic rings. The molecular formula is C25H43N5. The third-order valence-electron chi connectivity index (χ3n) is 7.58. The van der Waals surface area contributed by atoms with Gasteiger partial charge in [0.1, 0.15) is 5.82 Å². The Morgan fingerprint density at radius 1 is 0.900 bits per heavy atom. The van der Waals surface area contributed by atoms with Gasteiger partial charge in [0.2, 0.25) is 5.95 Å². The molecule has 0 saturated carbocycles. The van der Waals surface area contributed by atoms with Crippen LogP contribution in [0.25, 0.3) is 0 Å². The van der Waals surface area contributed by atoms with Crippen LogP contribution in [0.15, 0.2) is 0 Å². The topological polar surface area (TPSA) is 44.3 Å². The second-order valence-corrected chi connectivity index (χ2v) is 9.83. The number of aryl methyl sites for hydroxylation is 1. The predicted molar refractivity (Wildman–Crippen MR) is 127 cm³/mol. The Hall–Kier alpha value is -1.36. The first-order chi connectivity index (χ1) is 14.8. The van der Waals surface area contributed by atoms with Crippen molar-refractivity contribution in [1.82, 2.24) is 14.9 Å². The maximum atomic E-state index is 5.14. The third-order valence-corrected chi connectivity index (χ3v) is 7.58. The van der Waals surface area contributed by atoms with Crippen LogP contribution in [0.3, 0.4) is 0 Å². The summed E-state index contributed by atoms with van der Waals surface area (Å²) in [7, 11) is 0. The lowest BCUT2D eigenvalue weighted by molar-refractivity contribution is 0.226. The van der Waals surface area contributed by atoms with E-state index in [1.54, 1.807) is 0 Å². The van der Waals surface area contributed by atoms with Crippen molar-refractivity contribution in [2.75, 3.05) is 42.9 Å². The molecule has 1 aromatic rings. The number of hydrogen-bond acceptors (Lipinski definition) is 5. The normalized spacial score (nSPS) is 23.3. The number of likely N-dealkylation sites (tertiary alicyclic amines) is 1. The molecule has 1 atom stereocenters. The van der Waals surface area contributed by atoms with E-state index in [-0.39, 0.29) is 0 Å². The van der Waals surface area contributed by atoms with E-state index in [4.69, 9.17) is 9.97 Å². The second kappa shape index (κ2) is 10.8. The number of nitrogens with zero attached hydrogens (tertiary/aromatic N) is 4. The molecule has 1 aliphatic carbocycles. The summed E-state index contributed by atoms with van der Waals surface area (Å²) in [6.45, 7) is 10.6. The van der Waals surface area contributed by atoms with Gasteiger partial charge in [0.15, 0.2) is 0 Å². The van der Waals surface area contributed by atoms with Crippen LogP contribution in [0.5, 0.6) is 0 Å². The van der Waals surface area contributed by atoms with Gasteiger partial charge in [-0.15, -0.1) is 0 Å². The molecule has 4 rings (SSSR count). The van der Waals surface area contributed by atoms with E-state index in [0.29, 0.717) is 6.04 Å². The van der Waals surface area contributed by atoms with E-state index in [9.17, 15) is 0 Å². The standard InChI is InChI=1S/C25H43N5/c1-3-20(4-2)18-29-15-10-7-12-21(19-29)26-25-27-23-14-11-13-22(23)24(28-25)30-16-8-5-6-9-17-30/h20-21H,3-19H2,1-2H3,(H,26,27,28)/t21-/m1/s1. The van der Waals surface area contributed by atoms with E-state index < -0.39 is 0 Å². The molecule has 2 saturated heterocycles. The minimum Gasteiger partial charge on any atom is -0.356 e. The Balaban J connectivity index is 1.48. The molecule has 0 aromatic carbocycles. The van der Waals surface area contributed by atoms with Gasteiger partial charge in [-0.05, 0) is 57.4 Å². The number of hydrogen-bond donors (Lipinski definition) is 1. The number of aromatic nitrogens is 2. The average Bonchev–Trinajstić information content (AvgIpc) is 2.94. The second-order valence-electron chi connectivity index (χ2n) is 9.83. The number of fused-ring (bicyclic) bond motifs is 1. The van der Waals surface area contributed by atoms with Crippen LogP contribution >= 0.6 is 0 Å². The van der Waals surface area contributed by atoms with Gasteiger partial charge in [-0.2, -0.15) is 4.98 Å². The molecule has 1 aromatic heterocycles. The summed E-state index contributed by atoms with van der Waals surface area (Å²) < 4.78 is 0. The van der Waals surface area contributed by atoms with Crippen molar-refractivity contribution in [1.29, 1.82) is 0 Å². The number of nitrogens with one attached hydrogen (secondary N) is 1. The Labute approximate surface area is 184 Å². The van der Waals surface area contributed by atoms with Crippen LogP contribution in [0.4, 0.5) is 11.8 Å². The van der Waals surface area contributed by atoms with Crippen LogP contribution in [0.2, 0.25) is 0 Å². The van der Waals surface area contributed by atoms with E-state index in [0.717, 1.165) is 44.3 Å². The smallest absolute Gasteiger partial charge is 0.225 e. The Bertz CT molecular complexity index is 664. The zero-order valence-corrected chi connectivity index (χ0v) is 19.5. The highest BCUT2D eigenvalue weighted by Gasteiger charge is 2.25. The summed E-state index contributed by atoms with van der Waals surface area (Å²) in [4.78, 5) is 15.4. The summed E-state index contributed by atoms with van der Waals surface area (Å²) in [6.07, 6.45) is 15.3. The Kier molecular flexibility index (Phi) is 7.86. The van der Waals surface area contributed by atoms with E-state index in [1.807, 2.05) is 0 Å². The molecule has 2 aliphatic heterocycles. The summed E-state index contributed by atoms with van der Waals surface area (Å²) in [5.74, 6) is 2.98. The zero-order valence-electron chi connectivity index (χ0n) is 19.5. The van der Waals surface area contributed by atoms with Gasteiger partial charge < -0.3 is 15.1 Å². The van der Waals surface area contributed by atoms with Crippen molar-refractivity contribution < 1.29 is 0 Å². The van der Waals surface area contributed by atoms with Crippen molar-refractivity contribution in [3.63, 3.8) is 0 Å². The first-order valence-electron chi connectivity index (χ1n) is 12.9. The lowest BCUT2D eigenvalue weighted by atomic mass is 10.0. The van der Waals surface area contributed by atoms with Gasteiger partial charge in [0, 0.05) is 37.8 Å². The first-order valence-corrected chi connectivity index (χ1v) is 12.9. The lowest BCUT2D eigenvalue weighted by Crippen LogP contribution is -2.38. The molecule has 0 bridgehead atoms. The summed E-state index contributed by atoms with van der Waals surface area (Å²) >= 11 is 0. The molecule has 0 radical (unpaired) electrons. The lowest BCUT2D eigenvalue weighted by Gasteiger charge is -2.29. The Morgan fingerprint density at radius 2 is 1.67 bits per heavy atom. The fourth-order valence-electron chi connectivity index (χ4n) is 5.62. The van der Waals surface area contributed by atoms with Gasteiger partial charge >= 0.3 is 0 Å². The summed E-state index contributed by atoms with van der Waals surface area (Å²) in [5.41, 5.74) is 2.76. The monoisotopic (exact) mass is 413 g/mol. The molecule has 0 spiro atoms. The van der Waals surface area contributed by atoms with Crippen molar-refractivity contribution in [2.45, 2.75) is 96.9 Å². The van der Waals surface area contributed by atoms with Crippen LogP contribution < -0.4 is 10.2 Å². The van der Waals surface area contributed by atoms with Crippen molar-refractivity contribution in [3.8, 4) is 0 Å². The molecule has 5 heteroatoms. The predicted octanol–water partition coefficient (Wildman–Crippen LogP) is 5.05. The van der Waals surface area contributed by atoms with E-state index in [1.165, 1.54) is 94.4 Å². The minimum atomic E-state index is 0.471. The molecule has 168 valence electrons. The van der Waals surface area contributed by atoms with Crippen molar-refractivity contribution >= 4 is 11.8 Å². The molecule has 2 fully saturated rings. The van der Waals surface area contributed by atoms with Crippen LogP contribution in [-0.4, -0.2) is 53.6 Å². The van der Waals surface area contributed by atoms with E-state index in [2.05, 4.69) is 29.0 Å². The van der Waals surface area contributed by atoms with Crippen molar-refractivity contribution in [3.05, 3.63) is 11.3 Å². The van der Waals surface area contributed by atoms with Gasteiger partial charge in [-0.1, -0.05) is 46.0 Å². The molecule has 0 unspecified atom stereocenters. The van der Waals surface area contributed by atoms with Crippen LogP contribution in [-0.2, 0) is 12.8 Å². The van der Waals surface area contributed by atoms with Crippen molar-refractivity contribution in [2.24, 2.45) is 5.92 Å². The number of rotatable bonds is 7. The third kappa shape index (κ3) is 5.46. The number of anilines is 2. The molecule has 3 heterocycles. The maximum Gasteiger partial charge on any atom is 0.225 e.